The van der Waals surface area contributed by atoms with Gasteiger partial charge in [0.2, 0.25) is 5.79 Å². The number of fused-ring (bicyclic) bond motifs is 4. The van der Waals surface area contributed by atoms with Crippen molar-refractivity contribution in [3.8, 4) is 11.8 Å². The van der Waals surface area contributed by atoms with E-state index in [1.54, 1.807) is 6.92 Å². The highest BCUT2D eigenvalue weighted by atomic mass is 16.6. The van der Waals surface area contributed by atoms with Crippen LogP contribution in [0.15, 0.2) is 47.1 Å². The number of carbonyl (C=O) groups is 1. The van der Waals surface area contributed by atoms with Gasteiger partial charge in [0.05, 0.1) is 6.61 Å². The van der Waals surface area contributed by atoms with Gasteiger partial charge in [-0.25, -0.2) is 0 Å². The Bertz CT molecular complexity index is 1090. The molecule has 1 heterocycles. The van der Waals surface area contributed by atoms with Crippen molar-refractivity contribution in [1.82, 2.24) is 0 Å². The number of hydrogen-bond donors (Lipinski definition) is 1. The largest absolute Gasteiger partial charge is 0.378 e. The third kappa shape index (κ3) is 3.49. The van der Waals surface area contributed by atoms with E-state index in [-0.39, 0.29) is 5.92 Å². The number of ketones is 1. The molecule has 3 aliphatic carbocycles. The van der Waals surface area contributed by atoms with E-state index in [9.17, 15) is 9.90 Å². The number of benzene rings is 1. The van der Waals surface area contributed by atoms with Gasteiger partial charge >= 0.3 is 0 Å². The van der Waals surface area contributed by atoms with Crippen molar-refractivity contribution < 1.29 is 14.6 Å². The molecule has 3 fully saturated rings. The van der Waals surface area contributed by atoms with Gasteiger partial charge in [-0.3, -0.25) is 4.79 Å². The molecule has 1 aromatic carbocycles. The number of hydrogen-bond acceptors (Lipinski definition) is 4. The zero-order chi connectivity index (χ0) is 23.4. The lowest BCUT2D eigenvalue weighted by molar-refractivity contribution is -0.285. The highest BCUT2D eigenvalue weighted by molar-refractivity contribution is 5.84. The van der Waals surface area contributed by atoms with Crippen molar-refractivity contribution >= 4 is 11.5 Å². The standard InChI is InChI=1S/C29H35NO3/c1-5-15-29(32)28(2)18-25(19-6-9-21(10-7-19)30(3)4)27-23-13-11-22(31)17-20(23)8-12-24(27)26(28)14-16-33-29/h6-10,24-26,32H,11-14,16-18H2,1-4H3/t24-,25?,26-,28-,29+/m0/s1. The summed E-state index contributed by atoms with van der Waals surface area (Å²) < 4.78 is 6.01. The van der Waals surface area contributed by atoms with Crippen LogP contribution in [0.5, 0.6) is 0 Å². The molecule has 1 N–H and O–H groups in total. The summed E-state index contributed by atoms with van der Waals surface area (Å²) in [6, 6.07) is 8.86. The second-order valence-electron chi connectivity index (χ2n) is 10.6. The van der Waals surface area contributed by atoms with E-state index in [0.717, 1.165) is 25.7 Å². The van der Waals surface area contributed by atoms with Crippen LogP contribution >= 0.6 is 0 Å². The minimum Gasteiger partial charge on any atom is -0.378 e. The summed E-state index contributed by atoms with van der Waals surface area (Å²) in [5.74, 6) is 5.75. The molecule has 174 valence electrons. The molecule has 2 saturated carbocycles. The molecule has 4 heteroatoms. The van der Waals surface area contributed by atoms with Gasteiger partial charge in [0.15, 0.2) is 0 Å². The number of Topliss-reactive ketones (excluding diaryl/α,β-unsaturated/α-hetero) is 1. The van der Waals surface area contributed by atoms with Gasteiger partial charge < -0.3 is 14.7 Å². The molecule has 5 atom stereocenters. The van der Waals surface area contributed by atoms with Crippen molar-refractivity contribution in [2.75, 3.05) is 25.6 Å². The summed E-state index contributed by atoms with van der Waals surface area (Å²) in [4.78, 5) is 14.4. The minimum absolute atomic E-state index is 0.186. The first kappa shape index (κ1) is 22.4. The zero-order valence-corrected chi connectivity index (χ0v) is 20.3. The molecule has 0 amide bonds. The van der Waals surface area contributed by atoms with Crippen LogP contribution in [0.2, 0.25) is 0 Å². The third-order valence-electron chi connectivity index (χ3n) is 8.72. The Morgan fingerprint density at radius 3 is 2.64 bits per heavy atom. The first-order valence-corrected chi connectivity index (χ1v) is 12.3. The predicted octanol–water partition coefficient (Wildman–Crippen LogP) is 4.99. The molecule has 1 aliphatic heterocycles. The first-order chi connectivity index (χ1) is 15.8. The number of anilines is 1. The van der Waals surface area contributed by atoms with Crippen LogP contribution in [0, 0.1) is 29.1 Å². The Morgan fingerprint density at radius 1 is 1.18 bits per heavy atom. The number of nitrogens with zero attached hydrogens (tertiary/aromatic N) is 1. The Kier molecular flexibility index (Phi) is 5.54. The van der Waals surface area contributed by atoms with Gasteiger partial charge in [-0.15, -0.1) is 5.92 Å². The maximum absolute atomic E-state index is 12.2. The molecule has 1 aromatic rings. The monoisotopic (exact) mass is 445 g/mol. The van der Waals surface area contributed by atoms with Crippen molar-refractivity contribution in [3.63, 3.8) is 0 Å². The molecular weight excluding hydrogens is 410 g/mol. The fraction of sp³-hybridized carbons (Fsp3) is 0.552. The molecule has 1 unspecified atom stereocenters. The van der Waals surface area contributed by atoms with Crippen LogP contribution in [0.3, 0.4) is 0 Å². The summed E-state index contributed by atoms with van der Waals surface area (Å²) in [5, 5.41) is 11.7. The van der Waals surface area contributed by atoms with Crippen molar-refractivity contribution in [2.24, 2.45) is 17.3 Å². The van der Waals surface area contributed by atoms with E-state index in [0.29, 0.717) is 37.1 Å². The Hall–Kier alpha value is -2.35. The van der Waals surface area contributed by atoms with Crippen LogP contribution < -0.4 is 4.90 Å². The van der Waals surface area contributed by atoms with Gasteiger partial charge in [0.1, 0.15) is 5.78 Å². The molecule has 0 spiro atoms. The van der Waals surface area contributed by atoms with E-state index in [2.05, 4.69) is 68.1 Å². The van der Waals surface area contributed by atoms with Crippen LogP contribution in [0.4, 0.5) is 5.69 Å². The normalized spacial score (nSPS) is 35.5. The van der Waals surface area contributed by atoms with Gasteiger partial charge in [-0.2, -0.15) is 0 Å². The second-order valence-corrected chi connectivity index (χ2v) is 10.6. The summed E-state index contributed by atoms with van der Waals surface area (Å²) in [5.41, 5.74) is 6.19. The lowest BCUT2D eigenvalue weighted by atomic mass is 9.49. The molecule has 4 aliphatic rings. The average Bonchev–Trinajstić information content (AvgIpc) is 2.79. The van der Waals surface area contributed by atoms with E-state index >= 15 is 0 Å². The number of rotatable bonds is 2. The first-order valence-electron chi connectivity index (χ1n) is 12.3. The molecule has 0 aromatic heterocycles. The smallest absolute Gasteiger partial charge is 0.236 e. The highest BCUT2D eigenvalue weighted by Gasteiger charge is 2.61. The van der Waals surface area contributed by atoms with Crippen molar-refractivity contribution in [3.05, 3.63) is 52.6 Å². The molecule has 0 radical (unpaired) electrons. The van der Waals surface area contributed by atoms with Gasteiger partial charge in [0, 0.05) is 44.0 Å². The predicted molar refractivity (Wildman–Crippen MR) is 131 cm³/mol. The molecule has 5 rings (SSSR count). The number of allylic oxidation sites excluding steroid dienone is 4. The Labute approximate surface area is 197 Å². The summed E-state index contributed by atoms with van der Waals surface area (Å²) in [6.45, 7) is 4.49. The van der Waals surface area contributed by atoms with Gasteiger partial charge in [-0.05, 0) is 79.2 Å². The fourth-order valence-corrected chi connectivity index (χ4v) is 7.02. The molecular formula is C29H35NO3. The topological polar surface area (TPSA) is 49.8 Å². The van der Waals surface area contributed by atoms with Crippen LogP contribution in [-0.2, 0) is 9.53 Å². The summed E-state index contributed by atoms with van der Waals surface area (Å²) in [7, 11) is 4.12. The summed E-state index contributed by atoms with van der Waals surface area (Å²) >= 11 is 0. The molecule has 4 nitrogen and oxygen atoms in total. The van der Waals surface area contributed by atoms with Gasteiger partial charge in [0.25, 0.3) is 0 Å². The molecule has 33 heavy (non-hydrogen) atoms. The fourth-order valence-electron chi connectivity index (χ4n) is 7.02. The number of aliphatic hydroxyl groups is 1. The lowest BCUT2D eigenvalue weighted by Gasteiger charge is -2.59. The minimum atomic E-state index is -1.44. The Morgan fingerprint density at radius 2 is 1.94 bits per heavy atom. The van der Waals surface area contributed by atoms with E-state index in [4.69, 9.17) is 4.74 Å². The van der Waals surface area contributed by atoms with E-state index in [1.807, 2.05) is 0 Å². The highest BCUT2D eigenvalue weighted by Crippen LogP contribution is 2.63. The molecule has 0 bridgehead atoms. The second kappa shape index (κ2) is 8.15. The zero-order valence-electron chi connectivity index (χ0n) is 20.3. The number of ether oxygens (including phenoxy) is 1. The maximum atomic E-state index is 12.2. The average molecular weight is 446 g/mol. The van der Waals surface area contributed by atoms with Crippen molar-refractivity contribution in [2.45, 2.75) is 64.1 Å². The van der Waals surface area contributed by atoms with E-state index in [1.165, 1.54) is 28.0 Å². The van der Waals surface area contributed by atoms with Crippen LogP contribution in [0.25, 0.3) is 0 Å². The van der Waals surface area contributed by atoms with Gasteiger partial charge in [-0.1, -0.05) is 30.7 Å². The van der Waals surface area contributed by atoms with Crippen LogP contribution in [-0.4, -0.2) is 37.4 Å². The third-order valence-corrected chi connectivity index (χ3v) is 8.72. The number of carbonyl (C=O) groups excluding carboxylic acids is 1. The lowest BCUT2D eigenvalue weighted by Crippen LogP contribution is -2.60. The maximum Gasteiger partial charge on any atom is 0.236 e. The quantitative estimate of drug-likeness (QED) is 0.652. The molecule has 1 saturated heterocycles. The van der Waals surface area contributed by atoms with Crippen molar-refractivity contribution in [1.29, 1.82) is 0 Å². The van der Waals surface area contributed by atoms with Crippen LogP contribution in [0.1, 0.15) is 63.9 Å². The summed E-state index contributed by atoms with van der Waals surface area (Å²) in [6.07, 6.45) is 7.05. The van der Waals surface area contributed by atoms with E-state index < -0.39 is 11.2 Å². The SMILES string of the molecule is CC#C[C@@]1(O)OCC[C@H]2[C@@H]3CC=C4CC(=O)CCC4=C3C(c3ccc(N(C)C)cc3)C[C@@]21C. The Balaban J connectivity index is 1.66.